The van der Waals surface area contributed by atoms with Gasteiger partial charge in [-0.25, -0.2) is 4.79 Å². The summed E-state index contributed by atoms with van der Waals surface area (Å²) in [6.07, 6.45) is 6.24. The molecule has 1 aromatic carbocycles. The number of ether oxygens (including phenoxy) is 2. The van der Waals surface area contributed by atoms with Crippen molar-refractivity contribution in [2.24, 2.45) is 23.2 Å². The Kier molecular flexibility index (Phi) is 13.5. The molecule has 1 heterocycles. The minimum absolute atomic E-state index is 0.0683. The highest BCUT2D eigenvalue weighted by Gasteiger charge is 2.69. The summed E-state index contributed by atoms with van der Waals surface area (Å²) in [6.45, 7) is 17.0. The number of alkyl carbamates (subject to hydrolysis) is 1. The van der Waals surface area contributed by atoms with E-state index in [1.165, 1.54) is 0 Å². The smallest absolute Gasteiger partial charge is 0.408 e. The van der Waals surface area contributed by atoms with E-state index in [-0.39, 0.29) is 48.5 Å². The normalized spacial score (nSPS) is 22.0. The van der Waals surface area contributed by atoms with Crippen molar-refractivity contribution in [2.45, 2.75) is 136 Å². The zero-order chi connectivity index (χ0) is 39.1. The van der Waals surface area contributed by atoms with Crippen LogP contribution < -0.4 is 16.0 Å². The molecule has 4 amide bonds. The molecule has 0 bridgehead atoms. The van der Waals surface area contributed by atoms with E-state index in [1.807, 2.05) is 44.2 Å². The molecule has 12 heteroatoms. The van der Waals surface area contributed by atoms with Crippen LogP contribution in [0.4, 0.5) is 4.79 Å². The molecule has 5 atom stereocenters. The molecule has 2 saturated carbocycles. The van der Waals surface area contributed by atoms with Gasteiger partial charge in [-0.1, -0.05) is 69.5 Å². The molecule has 4 rings (SSSR count). The molecule has 0 spiro atoms. The van der Waals surface area contributed by atoms with E-state index in [0.29, 0.717) is 19.4 Å². The first-order valence-corrected chi connectivity index (χ1v) is 19.1. The maximum absolute atomic E-state index is 14.4. The molecule has 1 aromatic rings. The van der Waals surface area contributed by atoms with E-state index in [4.69, 9.17) is 9.47 Å². The minimum Gasteiger partial charge on any atom is -0.459 e. The van der Waals surface area contributed by atoms with Crippen LogP contribution in [-0.4, -0.2) is 82.9 Å². The van der Waals surface area contributed by atoms with Gasteiger partial charge < -0.3 is 30.3 Å². The van der Waals surface area contributed by atoms with E-state index in [2.05, 4.69) is 36.4 Å². The third-order valence-corrected chi connectivity index (χ3v) is 10.8. The van der Waals surface area contributed by atoms with Gasteiger partial charge in [0.2, 0.25) is 17.6 Å². The Bertz CT molecular complexity index is 1510. The first-order valence-electron chi connectivity index (χ1n) is 19.1. The van der Waals surface area contributed by atoms with E-state index < -0.39 is 59.0 Å². The van der Waals surface area contributed by atoms with Gasteiger partial charge in [0.15, 0.2) is 0 Å². The summed E-state index contributed by atoms with van der Waals surface area (Å²) in [7, 11) is 0. The predicted octanol–water partition coefficient (Wildman–Crippen LogP) is 5.03. The number of amides is 4. The Labute approximate surface area is 314 Å². The molecule has 3 aliphatic rings. The first kappa shape index (κ1) is 41.5. The standard InChI is InChI=1S/C41H60N4O8/c1-9-10-21-29(34(47)36(49)42-23-22-30(46)52-40(5,6)24-26-17-13-11-14-18-26)43-35(48)33-31-28(41(31,7)8)25-45(33)37(50)32(27-19-15-12-16-20-27)44-38(51)53-39(2,3)4/h9,11,13-14,17-18,27-29,31-33H,1,10,12,15-16,19-25H2,2-8H3,(H,42,49)(H,43,48)(H,44,51)/t28?,29?,31?,32-,33-/m0/s1. The highest BCUT2D eigenvalue weighted by Crippen LogP contribution is 2.65. The number of carbonyl (C=O) groups excluding carboxylic acids is 6. The van der Waals surface area contributed by atoms with Crippen molar-refractivity contribution < 1.29 is 38.2 Å². The second kappa shape index (κ2) is 17.3. The highest BCUT2D eigenvalue weighted by atomic mass is 16.6. The van der Waals surface area contributed by atoms with E-state index in [9.17, 15) is 28.8 Å². The van der Waals surface area contributed by atoms with Crippen molar-refractivity contribution in [2.75, 3.05) is 13.1 Å². The maximum Gasteiger partial charge on any atom is 0.408 e. The molecule has 2 aliphatic carbocycles. The summed E-state index contributed by atoms with van der Waals surface area (Å²) in [4.78, 5) is 82.2. The van der Waals surface area contributed by atoms with Gasteiger partial charge in [-0.15, -0.1) is 6.58 Å². The molecule has 53 heavy (non-hydrogen) atoms. The number of hydrogen-bond donors (Lipinski definition) is 3. The van der Waals surface area contributed by atoms with Crippen molar-refractivity contribution in [1.29, 1.82) is 0 Å². The van der Waals surface area contributed by atoms with Gasteiger partial charge in [-0.2, -0.15) is 0 Å². The molecule has 3 N–H and O–H groups in total. The van der Waals surface area contributed by atoms with Gasteiger partial charge in [-0.05, 0) is 89.0 Å². The zero-order valence-corrected chi connectivity index (χ0v) is 32.6. The molecule has 1 aliphatic heterocycles. The quantitative estimate of drug-likeness (QED) is 0.121. The number of carbonyl (C=O) groups is 6. The van der Waals surface area contributed by atoms with Crippen LogP contribution in [0.2, 0.25) is 0 Å². The molecule has 1 saturated heterocycles. The van der Waals surface area contributed by atoms with Crippen LogP contribution in [0.25, 0.3) is 0 Å². The van der Waals surface area contributed by atoms with Crippen LogP contribution >= 0.6 is 0 Å². The average Bonchev–Trinajstić information content (AvgIpc) is 3.38. The first-order chi connectivity index (χ1) is 24.8. The number of ketones is 1. The van der Waals surface area contributed by atoms with E-state index >= 15 is 0 Å². The lowest BCUT2D eigenvalue weighted by Crippen LogP contribution is -2.59. The fraction of sp³-hybridized carbons (Fsp3) is 0.659. The minimum atomic E-state index is -1.18. The van der Waals surface area contributed by atoms with Crippen molar-refractivity contribution in [3.05, 3.63) is 48.6 Å². The number of rotatable bonds is 16. The highest BCUT2D eigenvalue weighted by molar-refractivity contribution is 6.38. The van der Waals surface area contributed by atoms with Crippen LogP contribution in [0.3, 0.4) is 0 Å². The monoisotopic (exact) mass is 736 g/mol. The second-order valence-corrected chi connectivity index (χ2v) is 17.1. The number of Topliss-reactive ketones (excluding diaryl/α,β-unsaturated/α-hetero) is 1. The molecule has 0 radical (unpaired) electrons. The van der Waals surface area contributed by atoms with Crippen LogP contribution in [0.15, 0.2) is 43.0 Å². The zero-order valence-electron chi connectivity index (χ0n) is 32.6. The van der Waals surface area contributed by atoms with Crippen LogP contribution in [0.1, 0.15) is 105 Å². The third-order valence-electron chi connectivity index (χ3n) is 10.8. The summed E-state index contributed by atoms with van der Waals surface area (Å²) in [5.41, 5.74) is -0.719. The number of benzene rings is 1. The number of likely N-dealkylation sites (tertiary alicyclic amines) is 1. The molecule has 12 nitrogen and oxygen atoms in total. The lowest BCUT2D eigenvalue weighted by atomic mass is 9.83. The average molecular weight is 737 g/mol. The largest absolute Gasteiger partial charge is 0.459 e. The van der Waals surface area contributed by atoms with Crippen LogP contribution in [0, 0.1) is 23.2 Å². The number of nitrogens with one attached hydrogen (secondary N) is 3. The predicted molar refractivity (Wildman–Crippen MR) is 200 cm³/mol. The Morgan fingerprint density at radius 3 is 2.25 bits per heavy atom. The van der Waals surface area contributed by atoms with Gasteiger partial charge in [0, 0.05) is 19.5 Å². The molecule has 292 valence electrons. The van der Waals surface area contributed by atoms with Crippen molar-refractivity contribution in [3.8, 4) is 0 Å². The number of hydrogen-bond acceptors (Lipinski definition) is 8. The second-order valence-electron chi connectivity index (χ2n) is 17.1. The topological polar surface area (TPSA) is 160 Å². The third kappa shape index (κ3) is 11.1. The van der Waals surface area contributed by atoms with Gasteiger partial charge in [0.05, 0.1) is 12.5 Å². The van der Waals surface area contributed by atoms with Crippen molar-refractivity contribution in [1.82, 2.24) is 20.9 Å². The van der Waals surface area contributed by atoms with Crippen LogP contribution in [-0.2, 0) is 39.9 Å². The number of nitrogens with zero attached hydrogens (tertiary/aromatic N) is 1. The fourth-order valence-corrected chi connectivity index (χ4v) is 8.09. The Morgan fingerprint density at radius 1 is 0.962 bits per heavy atom. The number of esters is 1. The van der Waals surface area contributed by atoms with E-state index in [0.717, 1.165) is 37.7 Å². The van der Waals surface area contributed by atoms with Gasteiger partial charge >= 0.3 is 12.1 Å². The lowest BCUT2D eigenvalue weighted by Gasteiger charge is -2.37. The van der Waals surface area contributed by atoms with Gasteiger partial charge in [0.1, 0.15) is 23.3 Å². The summed E-state index contributed by atoms with van der Waals surface area (Å²) in [5.74, 6) is -3.34. The summed E-state index contributed by atoms with van der Waals surface area (Å²) < 4.78 is 11.2. The maximum atomic E-state index is 14.4. The van der Waals surface area contributed by atoms with Crippen molar-refractivity contribution >= 4 is 35.6 Å². The van der Waals surface area contributed by atoms with Crippen molar-refractivity contribution in [3.63, 3.8) is 0 Å². The number of piperidine rings is 1. The fourth-order valence-electron chi connectivity index (χ4n) is 8.09. The SMILES string of the molecule is C=CCCC(NC(=O)[C@@H]1C2C(CN1C(=O)[C@@H](NC(=O)OC(C)(C)C)C1CCCCC1)C2(C)C)C(=O)C(=O)NCCC(=O)OC(C)(C)Cc1ccccc1. The van der Waals surface area contributed by atoms with Gasteiger partial charge in [-0.3, -0.25) is 24.0 Å². The molecule has 3 fully saturated rings. The van der Waals surface area contributed by atoms with E-state index in [1.54, 1.807) is 31.7 Å². The summed E-state index contributed by atoms with van der Waals surface area (Å²) in [5, 5.41) is 8.16. The Hall–Kier alpha value is -4.22. The summed E-state index contributed by atoms with van der Waals surface area (Å²) in [6, 6.07) is 6.72. The Morgan fingerprint density at radius 2 is 1.62 bits per heavy atom. The molecular formula is C41H60N4O8. The summed E-state index contributed by atoms with van der Waals surface area (Å²) >= 11 is 0. The number of allylic oxidation sites excluding steroid dienone is 1. The van der Waals surface area contributed by atoms with Crippen LogP contribution in [0.5, 0.6) is 0 Å². The number of fused-ring (bicyclic) bond motifs is 1. The molecule has 3 unspecified atom stereocenters. The lowest BCUT2D eigenvalue weighted by molar-refractivity contribution is -0.156. The molecular weight excluding hydrogens is 676 g/mol. The Balaban J connectivity index is 1.41. The molecule has 0 aromatic heterocycles. The van der Waals surface area contributed by atoms with Gasteiger partial charge in [0.25, 0.3) is 5.91 Å².